The highest BCUT2D eigenvalue weighted by atomic mass is 16.7. The maximum absolute atomic E-state index is 11.3. The molecule has 0 aromatic carbocycles. The quantitative estimate of drug-likeness (QED) is 0.659. The Hall–Kier alpha value is -0.730. The van der Waals surface area contributed by atoms with Gasteiger partial charge in [-0.25, -0.2) is 0 Å². The maximum atomic E-state index is 11.3. The fourth-order valence-electron chi connectivity index (χ4n) is 2.46. The molecule has 1 fully saturated rings. The normalized spacial score (nSPS) is 32.9. The van der Waals surface area contributed by atoms with Crippen molar-refractivity contribution in [1.29, 1.82) is 0 Å². The Balaban J connectivity index is 2.90. The summed E-state index contributed by atoms with van der Waals surface area (Å²) in [6.45, 7) is 8.76. The number of ether oxygens (including phenoxy) is 4. The Morgan fingerprint density at radius 1 is 1.14 bits per heavy atom. The van der Waals surface area contributed by atoms with Crippen LogP contribution in [0.3, 0.4) is 0 Å². The highest BCUT2D eigenvalue weighted by Crippen LogP contribution is 2.25. The summed E-state index contributed by atoms with van der Waals surface area (Å²) in [7, 11) is 0. The van der Waals surface area contributed by atoms with Gasteiger partial charge in [0, 0.05) is 26.7 Å². The van der Waals surface area contributed by atoms with Crippen molar-refractivity contribution < 1.29 is 28.8 Å². The topological polar surface area (TPSA) is 86.2 Å². The number of rotatable bonds is 8. The van der Waals surface area contributed by atoms with E-state index in [9.17, 15) is 9.90 Å². The molecule has 7 heteroatoms. The Kier molecular flexibility index (Phi) is 8.13. The van der Waals surface area contributed by atoms with Crippen LogP contribution in [0.15, 0.2) is 0 Å². The minimum atomic E-state index is -1.16. The third kappa shape index (κ3) is 5.19. The molecule has 7 nitrogen and oxygen atoms in total. The number of amides is 1. The van der Waals surface area contributed by atoms with Crippen LogP contribution in [-0.2, 0) is 23.7 Å². The van der Waals surface area contributed by atoms with Gasteiger partial charge in [0.15, 0.2) is 6.29 Å². The van der Waals surface area contributed by atoms with E-state index >= 15 is 0 Å². The molecule has 0 spiro atoms. The van der Waals surface area contributed by atoms with E-state index in [-0.39, 0.29) is 5.91 Å². The molecule has 1 aliphatic rings. The van der Waals surface area contributed by atoms with E-state index in [1.165, 1.54) is 6.92 Å². The first kappa shape index (κ1) is 18.3. The second-order valence-corrected chi connectivity index (χ2v) is 4.79. The molecule has 0 radical (unpaired) electrons. The van der Waals surface area contributed by atoms with Gasteiger partial charge >= 0.3 is 0 Å². The molecular formula is C14H27NO6. The summed E-state index contributed by atoms with van der Waals surface area (Å²) in [5.74, 6) is -0.258. The molecule has 0 aromatic heterocycles. The van der Waals surface area contributed by atoms with E-state index in [4.69, 9.17) is 18.9 Å². The smallest absolute Gasteiger partial charge is 0.217 e. The molecule has 0 aliphatic carbocycles. The predicted molar refractivity (Wildman–Crippen MR) is 75.8 cm³/mol. The zero-order valence-corrected chi connectivity index (χ0v) is 13.2. The molecular weight excluding hydrogens is 278 g/mol. The van der Waals surface area contributed by atoms with Gasteiger partial charge in [-0.15, -0.1) is 0 Å². The van der Waals surface area contributed by atoms with Gasteiger partial charge in [0.1, 0.15) is 24.4 Å². The van der Waals surface area contributed by atoms with Gasteiger partial charge in [-0.2, -0.15) is 0 Å². The fourth-order valence-corrected chi connectivity index (χ4v) is 2.46. The summed E-state index contributed by atoms with van der Waals surface area (Å²) in [6, 6.07) is -0.670. The number of aliphatic hydroxyl groups excluding tert-OH is 1. The number of aliphatic hydroxyl groups is 1. The van der Waals surface area contributed by atoms with Crippen molar-refractivity contribution in [3.63, 3.8) is 0 Å². The van der Waals surface area contributed by atoms with Crippen LogP contribution in [0, 0.1) is 0 Å². The van der Waals surface area contributed by atoms with Crippen molar-refractivity contribution in [3.8, 4) is 0 Å². The third-order valence-corrected chi connectivity index (χ3v) is 3.24. The van der Waals surface area contributed by atoms with Gasteiger partial charge in [0.05, 0.1) is 6.61 Å². The number of carbonyl (C=O) groups excluding carboxylic acids is 1. The molecule has 1 amide bonds. The maximum Gasteiger partial charge on any atom is 0.217 e. The van der Waals surface area contributed by atoms with Crippen LogP contribution in [-0.4, -0.2) is 68.1 Å². The van der Waals surface area contributed by atoms with Gasteiger partial charge in [0.2, 0.25) is 5.91 Å². The molecule has 21 heavy (non-hydrogen) atoms. The average Bonchev–Trinajstić information content (AvgIpc) is 2.43. The lowest BCUT2D eigenvalue weighted by Crippen LogP contribution is -2.65. The first-order valence-electron chi connectivity index (χ1n) is 7.46. The standard InChI is InChI=1S/C14H27NO6/c1-5-18-8-10-12(19-6-2)13(20-7-3)11(14(17)21-10)15-9(4)16/h10-14,17H,5-8H2,1-4H3,(H,15,16)/t10?,11-,12+,13?,14-/m0/s1. The van der Waals surface area contributed by atoms with Crippen molar-refractivity contribution in [1.82, 2.24) is 5.32 Å². The number of hydrogen-bond acceptors (Lipinski definition) is 6. The van der Waals surface area contributed by atoms with Crippen LogP contribution >= 0.6 is 0 Å². The van der Waals surface area contributed by atoms with Crippen molar-refractivity contribution >= 4 is 5.91 Å². The molecule has 2 N–H and O–H groups in total. The zero-order chi connectivity index (χ0) is 15.8. The van der Waals surface area contributed by atoms with E-state index < -0.39 is 30.6 Å². The van der Waals surface area contributed by atoms with Crippen LogP contribution in [0.25, 0.3) is 0 Å². The highest BCUT2D eigenvalue weighted by Gasteiger charge is 2.47. The summed E-state index contributed by atoms with van der Waals surface area (Å²) in [5.41, 5.74) is 0. The molecule has 1 rings (SSSR count). The molecule has 2 unspecified atom stereocenters. The largest absolute Gasteiger partial charge is 0.379 e. The average molecular weight is 305 g/mol. The predicted octanol–water partition coefficient (Wildman–Crippen LogP) is 0.0550. The van der Waals surface area contributed by atoms with Gasteiger partial charge in [0.25, 0.3) is 0 Å². The lowest BCUT2D eigenvalue weighted by molar-refractivity contribution is -0.272. The van der Waals surface area contributed by atoms with Gasteiger partial charge in [-0.1, -0.05) is 0 Å². The van der Waals surface area contributed by atoms with E-state index in [0.717, 1.165) is 0 Å². The van der Waals surface area contributed by atoms with Crippen LogP contribution in [0.1, 0.15) is 27.7 Å². The summed E-state index contributed by atoms with van der Waals surface area (Å²) in [4.78, 5) is 11.3. The summed E-state index contributed by atoms with van der Waals surface area (Å²) in [6.07, 6.45) is -2.51. The summed E-state index contributed by atoms with van der Waals surface area (Å²) < 4.78 is 22.4. The second kappa shape index (κ2) is 9.32. The molecule has 1 heterocycles. The lowest BCUT2D eigenvalue weighted by Gasteiger charge is -2.44. The number of hydrogen-bond donors (Lipinski definition) is 2. The van der Waals surface area contributed by atoms with Gasteiger partial charge in [-0.05, 0) is 20.8 Å². The van der Waals surface area contributed by atoms with Crippen LogP contribution in [0.4, 0.5) is 0 Å². The molecule has 1 aliphatic heterocycles. The van der Waals surface area contributed by atoms with Crippen LogP contribution in [0.5, 0.6) is 0 Å². The lowest BCUT2D eigenvalue weighted by atomic mass is 9.96. The second-order valence-electron chi connectivity index (χ2n) is 4.79. The zero-order valence-electron chi connectivity index (χ0n) is 13.2. The van der Waals surface area contributed by atoms with E-state index in [1.54, 1.807) is 0 Å². The van der Waals surface area contributed by atoms with Crippen molar-refractivity contribution in [2.45, 2.75) is 58.3 Å². The van der Waals surface area contributed by atoms with Crippen LogP contribution < -0.4 is 5.32 Å². The van der Waals surface area contributed by atoms with Crippen molar-refractivity contribution in [3.05, 3.63) is 0 Å². The monoisotopic (exact) mass is 305 g/mol. The number of nitrogens with one attached hydrogen (secondary N) is 1. The molecule has 5 atom stereocenters. The Morgan fingerprint density at radius 2 is 1.76 bits per heavy atom. The molecule has 0 bridgehead atoms. The fraction of sp³-hybridized carbons (Fsp3) is 0.929. The number of carbonyl (C=O) groups is 1. The first-order chi connectivity index (χ1) is 10.0. The van der Waals surface area contributed by atoms with Gasteiger partial charge in [-0.3, -0.25) is 4.79 Å². The van der Waals surface area contributed by atoms with Gasteiger partial charge < -0.3 is 29.4 Å². The minimum absolute atomic E-state index is 0.258. The molecule has 124 valence electrons. The van der Waals surface area contributed by atoms with E-state index in [1.807, 2.05) is 20.8 Å². The Bertz CT molecular complexity index is 314. The molecule has 0 saturated carbocycles. The summed E-state index contributed by atoms with van der Waals surface area (Å²) >= 11 is 0. The Labute approximate surface area is 125 Å². The third-order valence-electron chi connectivity index (χ3n) is 3.24. The van der Waals surface area contributed by atoms with Crippen molar-refractivity contribution in [2.75, 3.05) is 26.4 Å². The van der Waals surface area contributed by atoms with E-state index in [0.29, 0.717) is 26.4 Å². The molecule has 1 saturated heterocycles. The highest BCUT2D eigenvalue weighted by molar-refractivity contribution is 5.73. The molecule has 0 aromatic rings. The minimum Gasteiger partial charge on any atom is -0.379 e. The Morgan fingerprint density at radius 3 is 2.29 bits per heavy atom. The van der Waals surface area contributed by atoms with Crippen LogP contribution in [0.2, 0.25) is 0 Å². The summed E-state index contributed by atoms with van der Waals surface area (Å²) in [5, 5.41) is 12.8. The van der Waals surface area contributed by atoms with Crippen molar-refractivity contribution in [2.24, 2.45) is 0 Å². The SMILES string of the molecule is CCOCC1O[C@H](O)[C@@H](NC(C)=O)C(OCC)[C@@H]1OCC. The first-order valence-corrected chi connectivity index (χ1v) is 7.46. The van der Waals surface area contributed by atoms with E-state index in [2.05, 4.69) is 5.32 Å².